The number of hydrogen-bond donors (Lipinski definition) is 0. The average molecular weight is 351 g/mol. The predicted octanol–water partition coefficient (Wildman–Crippen LogP) is 0.673. The molecule has 0 saturated heterocycles. The summed E-state index contributed by atoms with van der Waals surface area (Å²) in [7, 11) is 0. The minimum Gasteiger partial charge on any atom is -0.611 e. The molecule has 1 aromatic rings. The minimum absolute atomic E-state index is 0. The quantitative estimate of drug-likeness (QED) is 0.430. The molecule has 0 heterocycles. The van der Waals surface area contributed by atoms with Crippen LogP contribution in [0.1, 0.15) is 44.7 Å². The monoisotopic (exact) mass is 350 g/mol. The SMILES string of the molecule is CCO/C([O-])=C(\C)Oc1c(CBr)cccc1C(C)C.[Na+]. The van der Waals surface area contributed by atoms with Gasteiger partial charge in [0.05, 0.1) is 5.95 Å². The summed E-state index contributed by atoms with van der Waals surface area (Å²) in [6.07, 6.45) is 0. The van der Waals surface area contributed by atoms with Gasteiger partial charge < -0.3 is 14.6 Å². The summed E-state index contributed by atoms with van der Waals surface area (Å²) in [5.41, 5.74) is 2.11. The number of para-hydroxylation sites is 1. The Labute approximate surface area is 151 Å². The molecule has 0 unspecified atom stereocenters. The first-order valence-electron chi connectivity index (χ1n) is 6.37. The summed E-state index contributed by atoms with van der Waals surface area (Å²) < 4.78 is 10.7. The first-order valence-corrected chi connectivity index (χ1v) is 7.49. The zero-order valence-corrected chi connectivity index (χ0v) is 16.4. The molecule has 3 nitrogen and oxygen atoms in total. The van der Waals surface area contributed by atoms with Crippen molar-refractivity contribution in [2.75, 3.05) is 6.61 Å². The molecule has 0 saturated carbocycles. The number of rotatable bonds is 6. The van der Waals surface area contributed by atoms with Gasteiger partial charge in [0.2, 0.25) is 0 Å². The maximum Gasteiger partial charge on any atom is 1.00 e. The van der Waals surface area contributed by atoms with E-state index in [1.54, 1.807) is 13.8 Å². The van der Waals surface area contributed by atoms with Crippen LogP contribution < -0.4 is 39.4 Å². The van der Waals surface area contributed by atoms with Crippen LogP contribution in [-0.4, -0.2) is 6.61 Å². The van der Waals surface area contributed by atoms with E-state index in [1.807, 2.05) is 18.2 Å². The molecule has 0 fully saturated rings. The first-order chi connectivity index (χ1) is 9.01. The van der Waals surface area contributed by atoms with E-state index in [-0.39, 0.29) is 35.3 Å². The number of allylic oxidation sites excluding steroid dienone is 1. The van der Waals surface area contributed by atoms with E-state index >= 15 is 0 Å². The molecule has 0 amide bonds. The fourth-order valence-corrected chi connectivity index (χ4v) is 2.16. The van der Waals surface area contributed by atoms with Crippen LogP contribution in [0.15, 0.2) is 29.9 Å². The van der Waals surface area contributed by atoms with Gasteiger partial charge in [-0.2, -0.15) is 0 Å². The molecule has 1 rings (SSSR count). The van der Waals surface area contributed by atoms with Gasteiger partial charge >= 0.3 is 29.6 Å². The van der Waals surface area contributed by atoms with Crippen molar-refractivity contribution in [3.05, 3.63) is 41.0 Å². The van der Waals surface area contributed by atoms with Gasteiger partial charge in [-0.1, -0.05) is 54.9 Å². The van der Waals surface area contributed by atoms with E-state index in [0.717, 1.165) is 16.9 Å². The maximum absolute atomic E-state index is 11.6. The molecule has 0 bridgehead atoms. The molecule has 0 atom stereocenters. The zero-order chi connectivity index (χ0) is 14.4. The minimum atomic E-state index is -0.415. The second-order valence-electron chi connectivity index (χ2n) is 4.50. The molecule has 0 spiro atoms. The summed E-state index contributed by atoms with van der Waals surface area (Å²) >= 11 is 3.44. The van der Waals surface area contributed by atoms with Crippen molar-refractivity contribution in [3.8, 4) is 5.75 Å². The Balaban J connectivity index is 0.00000361. The summed E-state index contributed by atoms with van der Waals surface area (Å²) in [5, 5.41) is 12.3. The molecule has 20 heavy (non-hydrogen) atoms. The molecular weight excluding hydrogens is 331 g/mol. The van der Waals surface area contributed by atoms with E-state index < -0.39 is 5.95 Å². The molecule has 0 aliphatic rings. The largest absolute Gasteiger partial charge is 1.00 e. The molecule has 0 N–H and O–H groups in total. The van der Waals surface area contributed by atoms with Crippen LogP contribution in [0, 0.1) is 0 Å². The summed E-state index contributed by atoms with van der Waals surface area (Å²) in [4.78, 5) is 0. The Hall–Kier alpha value is -0.160. The number of halogens is 1. The Kier molecular flexibility index (Phi) is 9.64. The summed E-state index contributed by atoms with van der Waals surface area (Å²) in [6.45, 7) is 7.95. The molecule has 1 aromatic carbocycles. The standard InChI is InChI=1S/C15H21BrO3.Na/c1-5-18-15(17)11(4)19-14-12(9-16)7-6-8-13(14)10(2)3;/h6-8,10,17H,5,9H2,1-4H3;/q;+1/p-1/b15-11+;. The molecule has 0 aliphatic carbocycles. The van der Waals surface area contributed by atoms with Crippen LogP contribution >= 0.6 is 15.9 Å². The topological polar surface area (TPSA) is 41.5 Å². The third-order valence-electron chi connectivity index (χ3n) is 2.71. The van der Waals surface area contributed by atoms with Gasteiger partial charge in [0.15, 0.2) is 0 Å². The van der Waals surface area contributed by atoms with Crippen molar-refractivity contribution in [2.45, 2.75) is 38.9 Å². The van der Waals surface area contributed by atoms with Crippen LogP contribution in [-0.2, 0) is 10.1 Å². The van der Waals surface area contributed by atoms with E-state index in [2.05, 4.69) is 29.8 Å². The van der Waals surface area contributed by atoms with E-state index in [4.69, 9.17) is 9.47 Å². The van der Waals surface area contributed by atoms with Gasteiger partial charge in [0.1, 0.15) is 11.5 Å². The van der Waals surface area contributed by atoms with Crippen molar-refractivity contribution in [1.82, 2.24) is 0 Å². The van der Waals surface area contributed by atoms with Crippen molar-refractivity contribution < 1.29 is 44.1 Å². The molecule has 5 heteroatoms. The number of hydrogen-bond acceptors (Lipinski definition) is 3. The second kappa shape index (κ2) is 9.72. The normalized spacial score (nSPS) is 11.7. The van der Waals surface area contributed by atoms with E-state index in [9.17, 15) is 5.11 Å². The predicted molar refractivity (Wildman–Crippen MR) is 78.1 cm³/mol. The fraction of sp³-hybridized carbons (Fsp3) is 0.467. The maximum atomic E-state index is 11.6. The molecule has 0 aromatic heterocycles. The Bertz CT molecular complexity index is 458. The molecule has 0 radical (unpaired) electrons. The van der Waals surface area contributed by atoms with Crippen LogP contribution in [0.5, 0.6) is 5.75 Å². The zero-order valence-electron chi connectivity index (χ0n) is 12.8. The van der Waals surface area contributed by atoms with Gasteiger partial charge in [-0.25, -0.2) is 0 Å². The number of ether oxygens (including phenoxy) is 2. The second-order valence-corrected chi connectivity index (χ2v) is 5.06. The van der Waals surface area contributed by atoms with Crippen molar-refractivity contribution in [1.29, 1.82) is 0 Å². The number of alkyl halides is 1. The van der Waals surface area contributed by atoms with Gasteiger partial charge in [-0.05, 0) is 25.0 Å². The number of benzene rings is 1. The summed E-state index contributed by atoms with van der Waals surface area (Å²) in [5.74, 6) is 0.919. The third-order valence-corrected chi connectivity index (χ3v) is 3.32. The van der Waals surface area contributed by atoms with Crippen LogP contribution in [0.25, 0.3) is 0 Å². The molecule has 0 aliphatic heterocycles. The van der Waals surface area contributed by atoms with Crippen molar-refractivity contribution in [2.24, 2.45) is 0 Å². The Morgan fingerprint density at radius 3 is 2.50 bits per heavy atom. The van der Waals surface area contributed by atoms with Gasteiger partial charge in [0, 0.05) is 10.9 Å². The van der Waals surface area contributed by atoms with Gasteiger partial charge in [-0.15, -0.1) is 0 Å². The van der Waals surface area contributed by atoms with Crippen molar-refractivity contribution in [3.63, 3.8) is 0 Å². The molecular formula is C15H20BrNaO3. The third kappa shape index (κ3) is 5.32. The first kappa shape index (κ1) is 19.8. The van der Waals surface area contributed by atoms with Gasteiger partial charge in [0.25, 0.3) is 0 Å². The van der Waals surface area contributed by atoms with Crippen LogP contribution in [0.3, 0.4) is 0 Å². The van der Waals surface area contributed by atoms with Crippen LogP contribution in [0.4, 0.5) is 0 Å². The smallest absolute Gasteiger partial charge is 0.611 e. The summed E-state index contributed by atoms with van der Waals surface area (Å²) in [6, 6.07) is 6.00. The Morgan fingerprint density at radius 1 is 1.35 bits per heavy atom. The van der Waals surface area contributed by atoms with Crippen molar-refractivity contribution >= 4 is 15.9 Å². The fourth-order valence-electron chi connectivity index (χ4n) is 1.72. The van der Waals surface area contributed by atoms with E-state index in [0.29, 0.717) is 17.9 Å². The van der Waals surface area contributed by atoms with Gasteiger partial charge in [-0.3, -0.25) is 0 Å². The van der Waals surface area contributed by atoms with Crippen LogP contribution in [0.2, 0.25) is 0 Å². The molecule has 106 valence electrons. The average Bonchev–Trinajstić information content (AvgIpc) is 2.38. The van der Waals surface area contributed by atoms with E-state index in [1.165, 1.54) is 0 Å². The Morgan fingerprint density at radius 2 is 2.00 bits per heavy atom.